The molecule has 0 aliphatic heterocycles. The fourth-order valence-corrected chi connectivity index (χ4v) is 4.45. The summed E-state index contributed by atoms with van der Waals surface area (Å²) in [6.07, 6.45) is 0. The molecular weight excluding hydrogens is 387 g/mol. The van der Waals surface area contributed by atoms with Crippen LogP contribution in [-0.4, -0.2) is 19.0 Å². The molecule has 0 radical (unpaired) electrons. The molecule has 21 heavy (non-hydrogen) atoms. The summed E-state index contributed by atoms with van der Waals surface area (Å²) in [4.78, 5) is 23.6. The molecule has 0 saturated heterocycles. The van der Waals surface area contributed by atoms with E-state index >= 15 is 0 Å². The predicted molar refractivity (Wildman–Crippen MR) is 87.6 cm³/mol. The normalized spacial score (nSPS) is 11.3. The van der Waals surface area contributed by atoms with Crippen molar-refractivity contribution in [2.45, 2.75) is 27.7 Å². The van der Waals surface area contributed by atoms with Gasteiger partial charge in [0.1, 0.15) is 0 Å². The fraction of sp³-hybridized carbons (Fsp3) is 0.467. The van der Waals surface area contributed by atoms with Crippen molar-refractivity contribution < 1.29 is 20.5 Å². The van der Waals surface area contributed by atoms with Crippen LogP contribution in [0, 0.1) is 15.4 Å². The average Bonchev–Trinajstić information content (AvgIpc) is 2.46. The summed E-state index contributed by atoms with van der Waals surface area (Å²) in [5, 5.41) is 0. The number of halogens is 1. The third kappa shape index (κ3) is 5.53. The molecule has 0 fully saturated rings. The molecule has 5 nitrogen and oxygen atoms in total. The zero-order valence-electron chi connectivity index (χ0n) is 12.9. The van der Waals surface area contributed by atoms with E-state index in [-0.39, 0.29) is 23.8 Å². The van der Waals surface area contributed by atoms with Crippen molar-refractivity contribution in [2.75, 3.05) is 7.11 Å². The predicted octanol–water partition coefficient (Wildman–Crippen LogP) is 3.60. The van der Waals surface area contributed by atoms with Crippen molar-refractivity contribution in [1.82, 2.24) is 0 Å². The number of methoxy groups -OCH3 is 1. The van der Waals surface area contributed by atoms with Gasteiger partial charge in [0, 0.05) is 0 Å². The molecule has 0 heterocycles. The molecule has 0 N–H and O–H groups in total. The molecule has 0 atom stereocenters. The number of hydrogen-bond acceptors (Lipinski definition) is 5. The Hall–Kier alpha value is -1.31. The van der Waals surface area contributed by atoms with Crippen molar-refractivity contribution in [3.8, 4) is 5.75 Å². The monoisotopic (exact) mass is 408 g/mol. The molecule has 118 valence electrons. The second kappa shape index (κ2) is 8.21. The molecular formula is C15H21IO5. The zero-order valence-corrected chi connectivity index (χ0v) is 15.0. The molecule has 0 bridgehead atoms. The molecule has 1 rings (SSSR count). The van der Waals surface area contributed by atoms with Gasteiger partial charge in [-0.15, -0.1) is 0 Å². The molecule has 0 saturated carbocycles. The number of carbonyl (C=O) groups is 2. The van der Waals surface area contributed by atoms with Gasteiger partial charge in [-0.3, -0.25) is 0 Å². The van der Waals surface area contributed by atoms with Crippen LogP contribution in [0.5, 0.6) is 5.75 Å². The van der Waals surface area contributed by atoms with Gasteiger partial charge in [-0.05, 0) is 0 Å². The third-order valence-corrected chi connectivity index (χ3v) is 5.87. The molecule has 0 unspecified atom stereocenters. The Morgan fingerprint density at radius 2 is 1.33 bits per heavy atom. The summed E-state index contributed by atoms with van der Waals surface area (Å²) in [6.45, 7) is 6.98. The summed E-state index contributed by atoms with van der Waals surface area (Å²) >= 11 is -2.81. The van der Waals surface area contributed by atoms with Crippen LogP contribution in [0.15, 0.2) is 24.3 Å². The van der Waals surface area contributed by atoms with E-state index in [1.807, 2.05) is 0 Å². The Morgan fingerprint density at radius 1 is 0.905 bits per heavy atom. The Labute approximate surface area is 133 Å². The maximum atomic E-state index is 11.8. The van der Waals surface area contributed by atoms with E-state index in [0.29, 0.717) is 5.75 Å². The van der Waals surface area contributed by atoms with Gasteiger partial charge in [0.2, 0.25) is 0 Å². The van der Waals surface area contributed by atoms with Crippen LogP contribution < -0.4 is 4.74 Å². The van der Waals surface area contributed by atoms with Crippen LogP contribution in [0.4, 0.5) is 0 Å². The quantitative estimate of drug-likeness (QED) is 0.674. The number of rotatable bonds is 6. The summed E-state index contributed by atoms with van der Waals surface area (Å²) in [7, 11) is 1.57. The van der Waals surface area contributed by atoms with Crippen molar-refractivity contribution in [1.29, 1.82) is 0 Å². The fourth-order valence-electron chi connectivity index (χ4n) is 1.09. The maximum absolute atomic E-state index is 11.8. The first-order valence-electron chi connectivity index (χ1n) is 6.63. The van der Waals surface area contributed by atoms with Gasteiger partial charge in [-0.25, -0.2) is 0 Å². The minimum atomic E-state index is -2.81. The first-order valence-corrected chi connectivity index (χ1v) is 9.47. The first-order chi connectivity index (χ1) is 9.85. The second-order valence-electron chi connectivity index (χ2n) is 4.98. The van der Waals surface area contributed by atoms with E-state index in [0.717, 1.165) is 3.57 Å². The van der Waals surface area contributed by atoms with Gasteiger partial charge in [-0.1, -0.05) is 0 Å². The van der Waals surface area contributed by atoms with E-state index in [2.05, 4.69) is 0 Å². The van der Waals surface area contributed by atoms with E-state index in [1.54, 1.807) is 59.1 Å². The third-order valence-electron chi connectivity index (χ3n) is 2.46. The summed E-state index contributed by atoms with van der Waals surface area (Å²) in [5.74, 6) is -0.540. The van der Waals surface area contributed by atoms with Crippen LogP contribution >= 0.6 is 20.6 Å². The second-order valence-corrected chi connectivity index (χ2v) is 8.34. The van der Waals surface area contributed by atoms with Crippen LogP contribution in [0.1, 0.15) is 27.7 Å². The average molecular weight is 408 g/mol. The van der Waals surface area contributed by atoms with E-state index < -0.39 is 20.6 Å². The summed E-state index contributed by atoms with van der Waals surface area (Å²) in [5.41, 5.74) is 0. The van der Waals surface area contributed by atoms with E-state index in [4.69, 9.17) is 10.9 Å². The van der Waals surface area contributed by atoms with Crippen LogP contribution in [0.25, 0.3) is 0 Å². The molecule has 0 amide bonds. The Bertz CT molecular complexity index is 459. The van der Waals surface area contributed by atoms with Crippen molar-refractivity contribution >= 4 is 32.6 Å². The minimum absolute atomic E-state index is 0.263. The molecule has 0 aliphatic rings. The van der Waals surface area contributed by atoms with Gasteiger partial charge in [-0.2, -0.15) is 0 Å². The Balaban J connectivity index is 2.93. The zero-order chi connectivity index (χ0) is 16.0. The van der Waals surface area contributed by atoms with Gasteiger partial charge in [0.05, 0.1) is 0 Å². The van der Waals surface area contributed by atoms with Crippen LogP contribution in [0.2, 0.25) is 0 Å². The molecule has 6 heteroatoms. The van der Waals surface area contributed by atoms with Crippen LogP contribution in [-0.2, 0) is 15.7 Å². The first kappa shape index (κ1) is 17.7. The molecule has 0 aliphatic carbocycles. The van der Waals surface area contributed by atoms with Gasteiger partial charge in [0.25, 0.3) is 0 Å². The van der Waals surface area contributed by atoms with Crippen LogP contribution in [0.3, 0.4) is 0 Å². The van der Waals surface area contributed by atoms with E-state index in [1.165, 1.54) is 0 Å². The molecule has 0 aromatic heterocycles. The molecule has 1 aromatic carbocycles. The number of hydrogen-bond donors (Lipinski definition) is 0. The summed E-state index contributed by atoms with van der Waals surface area (Å²) < 4.78 is 16.7. The SMILES string of the molecule is COc1ccc(I(OC(=O)C(C)C)OC(=O)C(C)C)cc1. The van der Waals surface area contributed by atoms with E-state index in [9.17, 15) is 9.59 Å². The summed E-state index contributed by atoms with van der Waals surface area (Å²) in [6, 6.07) is 7.05. The van der Waals surface area contributed by atoms with Gasteiger partial charge >= 0.3 is 133 Å². The van der Waals surface area contributed by atoms with Crippen molar-refractivity contribution in [2.24, 2.45) is 11.8 Å². The standard InChI is InChI=1S/C15H21IO5/c1-10(2)14(17)20-16(21-15(18)11(3)4)12-6-8-13(19-5)9-7-12/h6-11H,1-5H3. The van der Waals surface area contributed by atoms with Gasteiger partial charge in [0.15, 0.2) is 0 Å². The Kier molecular flexibility index (Phi) is 6.94. The topological polar surface area (TPSA) is 61.8 Å². The number of carbonyl (C=O) groups excluding carboxylic acids is 2. The molecule has 0 spiro atoms. The molecule has 1 aromatic rings. The number of ether oxygens (including phenoxy) is 1. The van der Waals surface area contributed by atoms with Crippen molar-refractivity contribution in [3.05, 3.63) is 27.8 Å². The van der Waals surface area contributed by atoms with Crippen molar-refractivity contribution in [3.63, 3.8) is 0 Å². The number of benzene rings is 1. The Morgan fingerprint density at radius 3 is 1.67 bits per heavy atom. The van der Waals surface area contributed by atoms with Gasteiger partial charge < -0.3 is 0 Å².